The summed E-state index contributed by atoms with van der Waals surface area (Å²) < 4.78 is 0. The number of hydrogen-bond acceptors (Lipinski definition) is 2. The summed E-state index contributed by atoms with van der Waals surface area (Å²) in [5.74, 6) is 0.757. The molecule has 14 heavy (non-hydrogen) atoms. The lowest BCUT2D eigenvalue weighted by molar-refractivity contribution is 0.127. The molecule has 0 spiro atoms. The van der Waals surface area contributed by atoms with Gasteiger partial charge in [-0.25, -0.2) is 0 Å². The third-order valence-electron chi connectivity index (χ3n) is 3.69. The van der Waals surface area contributed by atoms with Crippen molar-refractivity contribution in [3.63, 3.8) is 0 Å². The van der Waals surface area contributed by atoms with E-state index in [1.807, 2.05) is 0 Å². The van der Waals surface area contributed by atoms with Crippen LogP contribution in [-0.4, -0.2) is 24.8 Å². The highest BCUT2D eigenvalue weighted by molar-refractivity contribution is 4.86. The fourth-order valence-corrected chi connectivity index (χ4v) is 2.24. The van der Waals surface area contributed by atoms with Crippen LogP contribution in [0.3, 0.4) is 0 Å². The second-order valence-electron chi connectivity index (χ2n) is 5.01. The molecule has 0 heterocycles. The summed E-state index contributed by atoms with van der Waals surface area (Å²) in [5.41, 5.74) is 0.216. The minimum absolute atomic E-state index is 0.216. The summed E-state index contributed by atoms with van der Waals surface area (Å²) >= 11 is 0. The van der Waals surface area contributed by atoms with Crippen LogP contribution in [0.2, 0.25) is 0 Å². The monoisotopic (exact) mass is 199 g/mol. The van der Waals surface area contributed by atoms with Crippen molar-refractivity contribution in [3.05, 3.63) is 0 Å². The minimum Gasteiger partial charge on any atom is -0.396 e. The summed E-state index contributed by atoms with van der Waals surface area (Å²) in [5, 5.41) is 12.9. The van der Waals surface area contributed by atoms with Crippen LogP contribution < -0.4 is 5.32 Å². The maximum atomic E-state index is 9.40. The maximum Gasteiger partial charge on any atom is 0.0499 e. The summed E-state index contributed by atoms with van der Waals surface area (Å²) in [6.07, 6.45) is 6.24. The Labute approximate surface area is 88.1 Å². The highest BCUT2D eigenvalue weighted by atomic mass is 16.3. The Morgan fingerprint density at radius 1 is 1.36 bits per heavy atom. The normalized spacial score (nSPS) is 22.5. The average Bonchev–Trinajstić information content (AvgIpc) is 2.67. The first-order valence-electron chi connectivity index (χ1n) is 6.04. The largest absolute Gasteiger partial charge is 0.396 e. The third-order valence-corrected chi connectivity index (χ3v) is 3.69. The zero-order valence-corrected chi connectivity index (χ0v) is 9.68. The topological polar surface area (TPSA) is 32.3 Å². The van der Waals surface area contributed by atoms with E-state index in [1.54, 1.807) is 0 Å². The molecule has 0 aromatic rings. The molecule has 1 aliphatic rings. The molecule has 1 fully saturated rings. The number of aliphatic hydroxyl groups excluding tert-OH is 1. The van der Waals surface area contributed by atoms with Crippen LogP contribution in [0.25, 0.3) is 0 Å². The molecule has 0 amide bonds. The molecule has 1 saturated carbocycles. The van der Waals surface area contributed by atoms with Crippen LogP contribution >= 0.6 is 0 Å². The lowest BCUT2D eigenvalue weighted by atomic mass is 9.87. The Kier molecular flexibility index (Phi) is 4.90. The van der Waals surface area contributed by atoms with E-state index in [0.717, 1.165) is 19.0 Å². The summed E-state index contributed by atoms with van der Waals surface area (Å²) in [6.45, 7) is 6.96. The summed E-state index contributed by atoms with van der Waals surface area (Å²) in [7, 11) is 0. The lowest BCUT2D eigenvalue weighted by Crippen LogP contribution is -2.36. The van der Waals surface area contributed by atoms with Gasteiger partial charge in [-0.15, -0.1) is 0 Å². The molecule has 0 aromatic carbocycles. The maximum absolute atomic E-state index is 9.40. The van der Waals surface area contributed by atoms with Crippen LogP contribution in [-0.2, 0) is 0 Å². The predicted octanol–water partition coefficient (Wildman–Crippen LogP) is 2.17. The molecule has 0 bridgehead atoms. The first kappa shape index (κ1) is 12.0. The van der Waals surface area contributed by atoms with Crippen LogP contribution in [0.1, 0.15) is 46.0 Å². The van der Waals surface area contributed by atoms with Crippen LogP contribution in [0.5, 0.6) is 0 Å². The number of aliphatic hydroxyl groups is 1. The van der Waals surface area contributed by atoms with Gasteiger partial charge in [-0.05, 0) is 25.3 Å². The van der Waals surface area contributed by atoms with E-state index >= 15 is 0 Å². The predicted molar refractivity (Wildman–Crippen MR) is 60.3 cm³/mol. The van der Waals surface area contributed by atoms with Crippen LogP contribution in [0.4, 0.5) is 0 Å². The van der Waals surface area contributed by atoms with Gasteiger partial charge in [-0.3, -0.25) is 0 Å². The fourth-order valence-electron chi connectivity index (χ4n) is 2.24. The molecule has 1 rings (SSSR count). The van der Waals surface area contributed by atoms with Gasteiger partial charge in [0.2, 0.25) is 0 Å². The molecule has 0 aliphatic heterocycles. The zero-order chi connectivity index (χ0) is 10.4. The highest BCUT2D eigenvalue weighted by Gasteiger charge is 2.32. The minimum atomic E-state index is 0.216. The molecule has 0 saturated heterocycles. The molecule has 1 unspecified atom stereocenters. The lowest BCUT2D eigenvalue weighted by Gasteiger charge is -2.27. The Morgan fingerprint density at radius 2 is 2.00 bits per heavy atom. The average molecular weight is 199 g/mol. The van der Waals surface area contributed by atoms with Crippen molar-refractivity contribution in [2.45, 2.75) is 46.0 Å². The van der Waals surface area contributed by atoms with Crippen LogP contribution in [0, 0.1) is 11.3 Å². The number of nitrogens with one attached hydrogen (secondary N) is 1. The molecule has 0 radical (unpaired) electrons. The molecule has 1 aliphatic carbocycles. The molecule has 1 atom stereocenters. The Morgan fingerprint density at radius 3 is 2.50 bits per heavy atom. The Bertz CT molecular complexity index is 152. The Balaban J connectivity index is 2.21. The first-order chi connectivity index (χ1) is 6.72. The van der Waals surface area contributed by atoms with Gasteiger partial charge in [0, 0.05) is 18.6 Å². The fraction of sp³-hybridized carbons (Fsp3) is 1.00. The zero-order valence-electron chi connectivity index (χ0n) is 9.68. The SMILES string of the molecule is CCC(C)CNCC1(CO)CCCC1. The van der Waals surface area contributed by atoms with Gasteiger partial charge in [0.05, 0.1) is 0 Å². The summed E-state index contributed by atoms with van der Waals surface area (Å²) in [6, 6.07) is 0. The van der Waals surface area contributed by atoms with Crippen molar-refractivity contribution >= 4 is 0 Å². The van der Waals surface area contributed by atoms with E-state index in [1.165, 1.54) is 32.1 Å². The molecule has 2 N–H and O–H groups in total. The van der Waals surface area contributed by atoms with E-state index in [9.17, 15) is 5.11 Å². The second-order valence-corrected chi connectivity index (χ2v) is 5.01. The number of rotatable bonds is 6. The van der Waals surface area contributed by atoms with Gasteiger partial charge >= 0.3 is 0 Å². The molecule has 84 valence electrons. The van der Waals surface area contributed by atoms with Gasteiger partial charge in [-0.1, -0.05) is 33.1 Å². The van der Waals surface area contributed by atoms with Crippen molar-refractivity contribution < 1.29 is 5.11 Å². The molecular formula is C12H25NO. The Hall–Kier alpha value is -0.0800. The van der Waals surface area contributed by atoms with E-state index in [2.05, 4.69) is 19.2 Å². The summed E-state index contributed by atoms with van der Waals surface area (Å²) in [4.78, 5) is 0. The van der Waals surface area contributed by atoms with E-state index in [0.29, 0.717) is 6.61 Å². The van der Waals surface area contributed by atoms with E-state index < -0.39 is 0 Å². The molecule has 0 aromatic heterocycles. The van der Waals surface area contributed by atoms with E-state index in [4.69, 9.17) is 0 Å². The van der Waals surface area contributed by atoms with E-state index in [-0.39, 0.29) is 5.41 Å². The molecule has 2 nitrogen and oxygen atoms in total. The first-order valence-corrected chi connectivity index (χ1v) is 6.04. The standard InChI is InChI=1S/C12H25NO/c1-3-11(2)8-13-9-12(10-14)6-4-5-7-12/h11,13-14H,3-10H2,1-2H3. The van der Waals surface area contributed by atoms with Crippen molar-refractivity contribution in [1.82, 2.24) is 5.32 Å². The molecular weight excluding hydrogens is 174 g/mol. The van der Waals surface area contributed by atoms with Gasteiger partial charge in [0.25, 0.3) is 0 Å². The molecule has 2 heteroatoms. The number of hydrogen-bond donors (Lipinski definition) is 2. The van der Waals surface area contributed by atoms with Crippen molar-refractivity contribution in [1.29, 1.82) is 0 Å². The smallest absolute Gasteiger partial charge is 0.0499 e. The quantitative estimate of drug-likeness (QED) is 0.687. The van der Waals surface area contributed by atoms with Crippen molar-refractivity contribution in [2.75, 3.05) is 19.7 Å². The van der Waals surface area contributed by atoms with Crippen LogP contribution in [0.15, 0.2) is 0 Å². The van der Waals surface area contributed by atoms with Gasteiger partial charge in [0.15, 0.2) is 0 Å². The van der Waals surface area contributed by atoms with Gasteiger partial charge < -0.3 is 10.4 Å². The van der Waals surface area contributed by atoms with Gasteiger partial charge in [0.1, 0.15) is 0 Å². The van der Waals surface area contributed by atoms with Gasteiger partial charge in [-0.2, -0.15) is 0 Å². The second kappa shape index (κ2) is 5.72. The third kappa shape index (κ3) is 3.25. The van der Waals surface area contributed by atoms with Crippen molar-refractivity contribution in [3.8, 4) is 0 Å². The highest BCUT2D eigenvalue weighted by Crippen LogP contribution is 2.36. The van der Waals surface area contributed by atoms with Crippen molar-refractivity contribution in [2.24, 2.45) is 11.3 Å².